The van der Waals surface area contributed by atoms with Crippen molar-refractivity contribution in [3.8, 4) is 23.0 Å². The molecule has 0 N–H and O–H groups in total. The highest BCUT2D eigenvalue weighted by atomic mass is 16.5. The van der Waals surface area contributed by atoms with E-state index in [1.165, 1.54) is 0 Å². The van der Waals surface area contributed by atoms with Gasteiger partial charge in [-0.25, -0.2) is 0 Å². The molecule has 248 valence electrons. The summed E-state index contributed by atoms with van der Waals surface area (Å²) in [5, 5.41) is 0. The number of hydrogen-bond acceptors (Lipinski definition) is 8. The number of aliphatic imine (C=N–C) groups is 2. The van der Waals surface area contributed by atoms with E-state index in [-0.39, 0.29) is 23.9 Å². The largest absolute Gasteiger partial charge is 0.490 e. The van der Waals surface area contributed by atoms with Crippen LogP contribution in [0, 0.1) is 0 Å². The van der Waals surface area contributed by atoms with Gasteiger partial charge in [0.15, 0.2) is 23.0 Å². The molecule has 5 aliphatic heterocycles. The maximum atomic E-state index is 13.4. The molecule has 47 heavy (non-hydrogen) atoms. The Morgan fingerprint density at radius 1 is 0.532 bits per heavy atom. The molecule has 2 fully saturated rings. The molecular weight excluding hydrogens is 596 g/mol. The summed E-state index contributed by atoms with van der Waals surface area (Å²) < 4.78 is 25.0. The van der Waals surface area contributed by atoms with E-state index in [1.807, 2.05) is 46.5 Å². The summed E-state index contributed by atoms with van der Waals surface area (Å²) in [5.74, 6) is 2.27. The number of ether oxygens (including phenoxy) is 4. The van der Waals surface area contributed by atoms with E-state index in [9.17, 15) is 9.59 Å². The number of carbonyl (C=O) groups excluding carboxylic acids is 2. The molecule has 0 radical (unpaired) electrons. The van der Waals surface area contributed by atoms with Gasteiger partial charge in [0.2, 0.25) is 0 Å². The maximum Gasteiger partial charge on any atom is 0.256 e. The van der Waals surface area contributed by atoms with Gasteiger partial charge in [0.05, 0.1) is 61.0 Å². The molecule has 0 saturated carbocycles. The van der Waals surface area contributed by atoms with Gasteiger partial charge in [-0.3, -0.25) is 19.6 Å². The van der Waals surface area contributed by atoms with Crippen molar-refractivity contribution in [2.24, 2.45) is 9.98 Å². The lowest BCUT2D eigenvalue weighted by atomic mass is 10.1. The molecule has 5 heterocycles. The third-order valence-corrected chi connectivity index (χ3v) is 9.49. The molecular formula is C37H44N4O6. The highest BCUT2D eigenvalue weighted by Crippen LogP contribution is 2.40. The van der Waals surface area contributed by atoms with Crippen LogP contribution in [0.2, 0.25) is 0 Å². The first-order chi connectivity index (χ1) is 23.2. The SMILES string of the molecule is O=C1c2cc3c(cc2N=CC2CCCN12)OCCCOc1cc2c(cc1OCCCC/C=C/CCCCO3)C(=O)N1CCC[C@H]1C=N2. The lowest BCUT2D eigenvalue weighted by Crippen LogP contribution is -2.35. The van der Waals surface area contributed by atoms with E-state index in [0.29, 0.717) is 78.3 Å². The van der Waals surface area contributed by atoms with Crippen molar-refractivity contribution >= 4 is 35.6 Å². The van der Waals surface area contributed by atoms with Crippen LogP contribution in [0.15, 0.2) is 46.4 Å². The number of nitrogens with zero attached hydrogens (tertiary/aromatic N) is 4. The number of amides is 2. The molecule has 5 aliphatic rings. The Balaban J connectivity index is 1.10. The fourth-order valence-electron chi connectivity index (χ4n) is 6.90. The van der Waals surface area contributed by atoms with E-state index in [1.54, 1.807) is 0 Å². The molecule has 0 bridgehead atoms. The van der Waals surface area contributed by atoms with Crippen molar-refractivity contribution < 1.29 is 28.5 Å². The topological polar surface area (TPSA) is 102 Å². The predicted molar refractivity (Wildman–Crippen MR) is 181 cm³/mol. The van der Waals surface area contributed by atoms with Gasteiger partial charge in [-0.1, -0.05) is 12.2 Å². The summed E-state index contributed by atoms with van der Waals surface area (Å²) in [7, 11) is 0. The average molecular weight is 641 g/mol. The molecule has 2 aromatic rings. The summed E-state index contributed by atoms with van der Waals surface area (Å²) in [6.07, 6.45) is 18.5. The lowest BCUT2D eigenvalue weighted by molar-refractivity contribution is 0.0766. The van der Waals surface area contributed by atoms with Gasteiger partial charge >= 0.3 is 0 Å². The fraction of sp³-hybridized carbons (Fsp3) is 0.514. The number of carbonyl (C=O) groups is 2. The second-order valence-electron chi connectivity index (χ2n) is 12.8. The molecule has 1 unspecified atom stereocenters. The number of benzene rings is 2. The monoisotopic (exact) mass is 640 g/mol. The smallest absolute Gasteiger partial charge is 0.256 e. The molecule has 0 aromatic heterocycles. The van der Waals surface area contributed by atoms with Gasteiger partial charge in [0.25, 0.3) is 11.8 Å². The molecule has 10 heteroatoms. The minimum Gasteiger partial charge on any atom is -0.490 e. The maximum absolute atomic E-state index is 13.4. The predicted octanol–water partition coefficient (Wildman–Crippen LogP) is 6.84. The summed E-state index contributed by atoms with van der Waals surface area (Å²) in [6, 6.07) is 7.36. The van der Waals surface area contributed by atoms with Crippen molar-refractivity contribution in [3.05, 3.63) is 47.5 Å². The van der Waals surface area contributed by atoms with Gasteiger partial charge in [0, 0.05) is 44.1 Å². The second kappa shape index (κ2) is 14.6. The second-order valence-corrected chi connectivity index (χ2v) is 12.8. The zero-order chi connectivity index (χ0) is 32.0. The van der Waals surface area contributed by atoms with Gasteiger partial charge in [-0.2, -0.15) is 0 Å². The van der Waals surface area contributed by atoms with E-state index in [0.717, 1.165) is 77.3 Å². The van der Waals surface area contributed by atoms with Crippen molar-refractivity contribution in [1.82, 2.24) is 9.80 Å². The Hall–Kier alpha value is -4.34. The molecule has 7 rings (SSSR count). The van der Waals surface area contributed by atoms with Gasteiger partial charge in [-0.05, 0) is 76.3 Å². The molecule has 2 amide bonds. The minimum absolute atomic E-state index is 0.00231. The van der Waals surface area contributed by atoms with Crippen molar-refractivity contribution in [3.63, 3.8) is 0 Å². The van der Waals surface area contributed by atoms with Crippen molar-refractivity contribution in [1.29, 1.82) is 0 Å². The molecule has 10 nitrogen and oxygen atoms in total. The van der Waals surface area contributed by atoms with Gasteiger partial charge in [0.1, 0.15) is 0 Å². The van der Waals surface area contributed by atoms with E-state index in [2.05, 4.69) is 12.2 Å². The van der Waals surface area contributed by atoms with Crippen LogP contribution in [0.3, 0.4) is 0 Å². The number of hydrogen-bond donors (Lipinski definition) is 0. The van der Waals surface area contributed by atoms with Crippen LogP contribution in [0.1, 0.15) is 91.3 Å². The highest BCUT2D eigenvalue weighted by molar-refractivity contribution is 6.04. The Kier molecular flexibility index (Phi) is 9.72. The van der Waals surface area contributed by atoms with Crippen LogP contribution in [-0.4, -0.2) is 85.6 Å². The molecule has 2 aromatic carbocycles. The quantitative estimate of drug-likeness (QED) is 0.292. The average Bonchev–Trinajstić information content (AvgIpc) is 3.71. The van der Waals surface area contributed by atoms with Crippen LogP contribution >= 0.6 is 0 Å². The molecule has 2 saturated heterocycles. The normalized spacial score (nSPS) is 24.3. The zero-order valence-corrected chi connectivity index (χ0v) is 27.0. The van der Waals surface area contributed by atoms with Crippen molar-refractivity contribution in [2.75, 3.05) is 39.5 Å². The van der Waals surface area contributed by atoms with Crippen LogP contribution in [0.5, 0.6) is 23.0 Å². The highest BCUT2D eigenvalue weighted by Gasteiger charge is 2.34. The Bertz CT molecular complexity index is 1450. The summed E-state index contributed by atoms with van der Waals surface area (Å²) in [4.78, 5) is 40.1. The number of rotatable bonds is 0. The lowest BCUT2D eigenvalue weighted by Gasteiger charge is -2.21. The summed E-state index contributed by atoms with van der Waals surface area (Å²) in [5.41, 5.74) is 2.34. The zero-order valence-electron chi connectivity index (χ0n) is 27.0. The first kappa shape index (κ1) is 31.3. The molecule has 0 aliphatic carbocycles. The van der Waals surface area contributed by atoms with Crippen LogP contribution in [0.4, 0.5) is 11.4 Å². The molecule has 0 spiro atoms. The Labute approximate surface area is 276 Å². The number of fused-ring (bicyclic) bond motifs is 6. The summed E-state index contributed by atoms with van der Waals surface area (Å²) in [6.45, 7) is 3.32. The standard InChI is InChI=1S/C37H44N4O6/c42-36-28-20-32-34(22-30(28)38-24-26-12-9-14-40(26)36)46-18-11-19-47-35-23-31-29(37(43)41-15-10-13-27(41)25-39-31)21-33(35)45-17-8-6-4-2-1-3-5-7-16-44-32/h1-2,20-27H,3-19H2/b2-1+/t26-,27?/m0/s1. The first-order valence-electron chi connectivity index (χ1n) is 17.4. The third kappa shape index (κ3) is 7.01. The van der Waals surface area contributed by atoms with Gasteiger partial charge in [-0.15, -0.1) is 0 Å². The van der Waals surface area contributed by atoms with Crippen molar-refractivity contribution in [2.45, 2.75) is 82.7 Å². The minimum atomic E-state index is -0.00231. The fourth-order valence-corrected chi connectivity index (χ4v) is 6.90. The Morgan fingerprint density at radius 3 is 1.43 bits per heavy atom. The number of allylic oxidation sites excluding steroid dienone is 2. The van der Waals surface area contributed by atoms with E-state index in [4.69, 9.17) is 28.9 Å². The van der Waals surface area contributed by atoms with E-state index < -0.39 is 0 Å². The summed E-state index contributed by atoms with van der Waals surface area (Å²) >= 11 is 0. The van der Waals surface area contributed by atoms with E-state index >= 15 is 0 Å². The molecule has 2 atom stereocenters. The Morgan fingerprint density at radius 2 is 0.957 bits per heavy atom. The van der Waals surface area contributed by atoms with Gasteiger partial charge < -0.3 is 28.7 Å². The van der Waals surface area contributed by atoms with Crippen LogP contribution < -0.4 is 18.9 Å². The van der Waals surface area contributed by atoms with Crippen LogP contribution in [0.25, 0.3) is 0 Å². The first-order valence-corrected chi connectivity index (χ1v) is 17.4. The third-order valence-electron chi connectivity index (χ3n) is 9.49. The van der Waals surface area contributed by atoms with Crippen LogP contribution in [-0.2, 0) is 0 Å².